The fourth-order valence-corrected chi connectivity index (χ4v) is 5.24. The molecule has 288 valence electrons. The smallest absolute Gasteiger partial charge is 0.416 e. The zero-order valence-corrected chi connectivity index (χ0v) is 31.6. The maximum absolute atomic E-state index is 13.5. The number of rotatable bonds is 10. The molecule has 0 aliphatic carbocycles. The van der Waals surface area contributed by atoms with Crippen molar-refractivity contribution in [3.63, 3.8) is 0 Å². The molecule has 2 amide bonds. The van der Waals surface area contributed by atoms with Crippen molar-refractivity contribution >= 4 is 51.2 Å². The van der Waals surface area contributed by atoms with Crippen LogP contribution in [0.25, 0.3) is 11.3 Å². The summed E-state index contributed by atoms with van der Waals surface area (Å²) in [6.45, 7) is 3.34. The number of aryl methyl sites for hydroxylation is 3. The fraction of sp³-hybridized carbons (Fsp3) is 0.270. The van der Waals surface area contributed by atoms with Crippen LogP contribution in [-0.4, -0.2) is 74.1 Å². The summed E-state index contributed by atoms with van der Waals surface area (Å²) < 4.78 is 75.4. The normalized spacial score (nSPS) is 11.2. The third-order valence-electron chi connectivity index (χ3n) is 7.45. The van der Waals surface area contributed by atoms with E-state index in [1.807, 2.05) is 0 Å². The number of alkyl halides is 3. The fourth-order valence-electron chi connectivity index (χ4n) is 4.94. The molecule has 17 heteroatoms. The van der Waals surface area contributed by atoms with Crippen LogP contribution in [-0.2, 0) is 32.2 Å². The van der Waals surface area contributed by atoms with Crippen molar-refractivity contribution in [1.82, 2.24) is 9.88 Å². The number of nitrogens with one attached hydrogen (secondary N) is 1. The van der Waals surface area contributed by atoms with E-state index in [1.54, 1.807) is 52.2 Å². The van der Waals surface area contributed by atoms with Gasteiger partial charge in [0.15, 0.2) is 5.75 Å². The number of ether oxygens (including phenoxy) is 2. The Morgan fingerprint density at radius 1 is 0.944 bits per heavy atom. The molecule has 0 aliphatic heterocycles. The Bertz CT molecular complexity index is 2130. The minimum absolute atomic E-state index is 0.0249. The molecule has 0 spiro atoms. The third kappa shape index (κ3) is 12.4. The molecule has 4 rings (SSSR count). The molecule has 4 aromatic rings. The SMILES string of the molecule is COC(=O)c1cc(C)c(OC(=O)CCCc2ccc(NC(=O)c3ccc(C)nc3-c3ccc(C(F)(F)F)cc3)c(C(=O)N(C)C)c2)c(Cl)c1.CS(=O)(=O)O. The Balaban J connectivity index is 0.00000147. The monoisotopic (exact) mass is 791 g/mol. The molecule has 54 heavy (non-hydrogen) atoms. The Morgan fingerprint density at radius 2 is 1.57 bits per heavy atom. The predicted molar refractivity (Wildman–Crippen MR) is 195 cm³/mol. The average molecular weight is 792 g/mol. The Labute approximate surface area is 315 Å². The van der Waals surface area contributed by atoms with Crippen LogP contribution in [0.15, 0.2) is 66.7 Å². The maximum Gasteiger partial charge on any atom is 0.416 e. The predicted octanol–water partition coefficient (Wildman–Crippen LogP) is 7.21. The van der Waals surface area contributed by atoms with Gasteiger partial charge in [-0.05, 0) is 86.3 Å². The van der Waals surface area contributed by atoms with E-state index in [1.165, 1.54) is 42.3 Å². The van der Waals surface area contributed by atoms with Gasteiger partial charge in [0.1, 0.15) is 0 Å². The summed E-state index contributed by atoms with van der Waals surface area (Å²) in [5, 5.41) is 2.85. The Morgan fingerprint density at radius 3 is 2.13 bits per heavy atom. The number of amides is 2. The molecule has 0 unspecified atom stereocenters. The van der Waals surface area contributed by atoms with Crippen molar-refractivity contribution in [1.29, 1.82) is 0 Å². The lowest BCUT2D eigenvalue weighted by molar-refractivity contribution is -0.137. The highest BCUT2D eigenvalue weighted by Crippen LogP contribution is 2.33. The van der Waals surface area contributed by atoms with Crippen LogP contribution in [0.3, 0.4) is 0 Å². The van der Waals surface area contributed by atoms with E-state index >= 15 is 0 Å². The highest BCUT2D eigenvalue weighted by molar-refractivity contribution is 7.85. The van der Waals surface area contributed by atoms with Crippen molar-refractivity contribution in [3.05, 3.63) is 111 Å². The summed E-state index contributed by atoms with van der Waals surface area (Å²) in [6.07, 6.45) is -3.02. The summed E-state index contributed by atoms with van der Waals surface area (Å²) in [7, 11) is 0.707. The van der Waals surface area contributed by atoms with Gasteiger partial charge in [0.05, 0.1) is 52.0 Å². The summed E-state index contributed by atoms with van der Waals surface area (Å²) in [5.74, 6) is -1.97. The molecule has 2 N–H and O–H groups in total. The van der Waals surface area contributed by atoms with Crippen LogP contribution in [0, 0.1) is 13.8 Å². The number of anilines is 1. The topological polar surface area (TPSA) is 169 Å². The average Bonchev–Trinajstić information content (AvgIpc) is 3.08. The van der Waals surface area contributed by atoms with Gasteiger partial charge in [0.25, 0.3) is 21.9 Å². The van der Waals surface area contributed by atoms with Gasteiger partial charge < -0.3 is 19.7 Å². The molecule has 0 saturated heterocycles. The number of hydrogen-bond acceptors (Lipinski definition) is 9. The van der Waals surface area contributed by atoms with E-state index in [-0.39, 0.29) is 51.2 Å². The molecule has 3 aromatic carbocycles. The number of halogens is 4. The van der Waals surface area contributed by atoms with Crippen molar-refractivity contribution in [2.24, 2.45) is 0 Å². The molecule has 12 nitrogen and oxygen atoms in total. The second-order valence-corrected chi connectivity index (χ2v) is 14.0. The van der Waals surface area contributed by atoms with Crippen LogP contribution >= 0.6 is 11.6 Å². The van der Waals surface area contributed by atoms with Gasteiger partial charge in [0, 0.05) is 31.8 Å². The van der Waals surface area contributed by atoms with Gasteiger partial charge in [-0.25, -0.2) is 4.79 Å². The van der Waals surface area contributed by atoms with E-state index < -0.39 is 39.7 Å². The quantitative estimate of drug-likeness (QED) is 0.0951. The lowest BCUT2D eigenvalue weighted by Crippen LogP contribution is -2.24. The number of aromatic nitrogens is 1. The molecule has 0 atom stereocenters. The van der Waals surface area contributed by atoms with Gasteiger partial charge >= 0.3 is 18.1 Å². The first-order valence-electron chi connectivity index (χ1n) is 15.9. The van der Waals surface area contributed by atoms with Crippen LogP contribution in [0.4, 0.5) is 18.9 Å². The molecule has 0 saturated carbocycles. The van der Waals surface area contributed by atoms with Gasteiger partial charge in [-0.1, -0.05) is 29.8 Å². The van der Waals surface area contributed by atoms with Crippen molar-refractivity contribution in [3.8, 4) is 17.0 Å². The first kappa shape index (κ1) is 43.1. The van der Waals surface area contributed by atoms with Crippen LogP contribution < -0.4 is 10.1 Å². The van der Waals surface area contributed by atoms with Crippen LogP contribution in [0.2, 0.25) is 5.02 Å². The van der Waals surface area contributed by atoms with Crippen molar-refractivity contribution in [2.75, 3.05) is 32.8 Å². The molecule has 0 bridgehead atoms. The van der Waals surface area contributed by atoms with Gasteiger partial charge in [-0.2, -0.15) is 21.6 Å². The zero-order valence-electron chi connectivity index (χ0n) is 30.0. The second-order valence-electron chi connectivity index (χ2n) is 12.1. The lowest BCUT2D eigenvalue weighted by Gasteiger charge is -2.17. The molecule has 0 radical (unpaired) electrons. The standard InChI is InChI=1S/C36H33ClF3N3O6.CH4O3S/c1-20-17-24(35(47)48-5)19-28(37)32(20)49-30(44)8-6-7-22-10-16-29(27(18-22)34(46)43(3)4)42-33(45)26-15-9-21(2)41-31(26)23-11-13-25(14-12-23)36(38,39)40;1-5(2,3)4/h9-19H,6-8H2,1-5H3,(H,42,45);1H3,(H,2,3,4). The lowest BCUT2D eigenvalue weighted by atomic mass is 10.0. The van der Waals surface area contributed by atoms with Gasteiger partial charge in [-0.15, -0.1) is 0 Å². The molecule has 1 aromatic heterocycles. The molecule has 0 aliphatic rings. The second kappa shape index (κ2) is 18.1. The Hall–Kier alpha value is -5.32. The number of pyridine rings is 1. The largest absolute Gasteiger partial charge is 0.465 e. The molecular formula is C37H37ClF3N3O9S. The van der Waals surface area contributed by atoms with Crippen LogP contribution in [0.1, 0.15) is 66.3 Å². The van der Waals surface area contributed by atoms with Gasteiger partial charge in [-0.3, -0.25) is 23.9 Å². The molecule has 1 heterocycles. The van der Waals surface area contributed by atoms with E-state index in [9.17, 15) is 40.8 Å². The number of carbonyl (C=O) groups excluding carboxylic acids is 4. The number of methoxy groups -OCH3 is 1. The summed E-state index contributed by atoms with van der Waals surface area (Å²) in [6, 6.07) is 15.3. The van der Waals surface area contributed by atoms with Crippen molar-refractivity contribution in [2.45, 2.75) is 39.3 Å². The first-order valence-corrected chi connectivity index (χ1v) is 18.1. The van der Waals surface area contributed by atoms with E-state index in [4.69, 9.17) is 25.6 Å². The molecule has 0 fully saturated rings. The highest BCUT2D eigenvalue weighted by Gasteiger charge is 2.30. The number of hydrogen-bond donors (Lipinski definition) is 2. The minimum Gasteiger partial charge on any atom is -0.465 e. The van der Waals surface area contributed by atoms with E-state index in [2.05, 4.69) is 10.3 Å². The number of carbonyl (C=O) groups is 4. The number of nitrogens with zero attached hydrogens (tertiary/aromatic N) is 2. The third-order valence-corrected chi connectivity index (χ3v) is 7.73. The van der Waals surface area contributed by atoms with Crippen LogP contribution in [0.5, 0.6) is 5.75 Å². The van der Waals surface area contributed by atoms with Crippen molar-refractivity contribution < 1.29 is 54.8 Å². The summed E-state index contributed by atoms with van der Waals surface area (Å²) >= 11 is 6.25. The maximum atomic E-state index is 13.5. The molecular weight excluding hydrogens is 755 g/mol. The van der Waals surface area contributed by atoms with E-state index in [0.717, 1.165) is 17.7 Å². The van der Waals surface area contributed by atoms with E-state index in [0.29, 0.717) is 35.9 Å². The zero-order chi connectivity index (χ0) is 40.5. The first-order chi connectivity index (χ1) is 25.1. The Kier molecular flexibility index (Phi) is 14.5. The highest BCUT2D eigenvalue weighted by atomic mass is 35.5. The summed E-state index contributed by atoms with van der Waals surface area (Å²) in [5.41, 5.74) is 2.17. The summed E-state index contributed by atoms with van der Waals surface area (Å²) in [4.78, 5) is 56.9. The minimum atomic E-state index is -4.52. The number of esters is 2. The number of benzene rings is 3. The van der Waals surface area contributed by atoms with Gasteiger partial charge in [0.2, 0.25) is 0 Å².